The number of nitrogens with one attached hydrogen (secondary N) is 1. The second-order valence-corrected chi connectivity index (χ2v) is 7.29. The summed E-state index contributed by atoms with van der Waals surface area (Å²) in [7, 11) is 0. The maximum absolute atomic E-state index is 6.22. The summed E-state index contributed by atoms with van der Waals surface area (Å²) in [5.41, 5.74) is 0.122. The number of hydrogen-bond acceptors (Lipinski definition) is 2. The summed E-state index contributed by atoms with van der Waals surface area (Å²) >= 11 is 0. The van der Waals surface area contributed by atoms with Gasteiger partial charge in [0.1, 0.15) is 0 Å². The summed E-state index contributed by atoms with van der Waals surface area (Å²) in [4.78, 5) is 0. The second-order valence-electron chi connectivity index (χ2n) is 7.29. The van der Waals surface area contributed by atoms with E-state index < -0.39 is 0 Å². The van der Waals surface area contributed by atoms with Gasteiger partial charge in [-0.1, -0.05) is 20.3 Å². The van der Waals surface area contributed by atoms with Gasteiger partial charge in [-0.05, 0) is 70.8 Å². The van der Waals surface area contributed by atoms with Crippen LogP contribution in [0.3, 0.4) is 0 Å². The summed E-state index contributed by atoms with van der Waals surface area (Å²) in [6, 6.07) is 0.736. The van der Waals surface area contributed by atoms with Gasteiger partial charge in [-0.3, -0.25) is 0 Å². The Hall–Kier alpha value is -0.0800. The number of rotatable bonds is 5. The molecule has 0 bridgehead atoms. The van der Waals surface area contributed by atoms with Gasteiger partial charge in [0.05, 0.1) is 11.7 Å². The van der Waals surface area contributed by atoms with Crippen molar-refractivity contribution in [2.45, 2.75) is 90.4 Å². The van der Waals surface area contributed by atoms with Crippen LogP contribution in [0.15, 0.2) is 0 Å². The molecule has 4 atom stereocenters. The molecule has 2 nitrogen and oxygen atoms in total. The highest BCUT2D eigenvalue weighted by Crippen LogP contribution is 2.38. The zero-order chi connectivity index (χ0) is 13.9. The summed E-state index contributed by atoms with van der Waals surface area (Å²) < 4.78 is 6.22. The minimum absolute atomic E-state index is 0.122. The van der Waals surface area contributed by atoms with Crippen LogP contribution in [-0.2, 0) is 4.74 Å². The molecule has 1 N–H and O–H groups in total. The smallest absolute Gasteiger partial charge is 0.0631 e. The van der Waals surface area contributed by atoms with Gasteiger partial charge in [-0.15, -0.1) is 0 Å². The highest BCUT2D eigenvalue weighted by molar-refractivity contribution is 4.89. The lowest BCUT2D eigenvalue weighted by Crippen LogP contribution is -2.42. The van der Waals surface area contributed by atoms with Crippen molar-refractivity contribution >= 4 is 0 Å². The van der Waals surface area contributed by atoms with Crippen molar-refractivity contribution in [1.82, 2.24) is 5.32 Å². The third kappa shape index (κ3) is 4.19. The summed E-state index contributed by atoms with van der Waals surface area (Å²) in [5.74, 6) is 1.78. The maximum atomic E-state index is 6.22. The fourth-order valence-corrected chi connectivity index (χ4v) is 4.10. The molecule has 0 amide bonds. The molecule has 0 aromatic rings. The zero-order valence-corrected chi connectivity index (χ0v) is 13.4. The largest absolute Gasteiger partial charge is 0.372 e. The molecule has 2 heteroatoms. The summed E-state index contributed by atoms with van der Waals surface area (Å²) in [6.07, 6.45) is 9.83. The van der Waals surface area contributed by atoms with Gasteiger partial charge in [0.25, 0.3) is 0 Å². The van der Waals surface area contributed by atoms with Crippen LogP contribution < -0.4 is 5.32 Å². The molecule has 112 valence electrons. The lowest BCUT2D eigenvalue weighted by molar-refractivity contribution is -0.0305. The van der Waals surface area contributed by atoms with E-state index in [0.29, 0.717) is 6.10 Å². The molecule has 1 aliphatic carbocycles. The normalized spacial score (nSPS) is 38.5. The Morgan fingerprint density at radius 3 is 2.53 bits per heavy atom. The Kier molecular flexibility index (Phi) is 5.30. The van der Waals surface area contributed by atoms with Crippen LogP contribution in [-0.4, -0.2) is 24.3 Å². The minimum atomic E-state index is 0.122. The van der Waals surface area contributed by atoms with Crippen molar-refractivity contribution in [3.8, 4) is 0 Å². The van der Waals surface area contributed by atoms with E-state index in [1.54, 1.807) is 0 Å². The molecule has 19 heavy (non-hydrogen) atoms. The molecule has 4 unspecified atom stereocenters. The van der Waals surface area contributed by atoms with E-state index in [1.807, 2.05) is 0 Å². The molecule has 2 fully saturated rings. The van der Waals surface area contributed by atoms with Crippen LogP contribution in [0.2, 0.25) is 0 Å². The van der Waals surface area contributed by atoms with E-state index in [-0.39, 0.29) is 5.60 Å². The van der Waals surface area contributed by atoms with Crippen LogP contribution in [0, 0.1) is 11.8 Å². The lowest BCUT2D eigenvalue weighted by atomic mass is 9.74. The van der Waals surface area contributed by atoms with Gasteiger partial charge in [0.2, 0.25) is 0 Å². The third-order valence-electron chi connectivity index (χ3n) is 5.25. The molecule has 1 aliphatic heterocycles. The predicted octanol–water partition coefficient (Wildman–Crippen LogP) is 4.14. The molecule has 0 radical (unpaired) electrons. The Balaban J connectivity index is 1.90. The van der Waals surface area contributed by atoms with Gasteiger partial charge < -0.3 is 10.1 Å². The first kappa shape index (κ1) is 15.3. The average Bonchev–Trinajstić information content (AvgIpc) is 2.71. The molecule has 2 rings (SSSR count). The van der Waals surface area contributed by atoms with Crippen LogP contribution in [0.25, 0.3) is 0 Å². The van der Waals surface area contributed by atoms with E-state index >= 15 is 0 Å². The molecule has 1 saturated heterocycles. The van der Waals surface area contributed by atoms with E-state index in [2.05, 4.69) is 33.0 Å². The fraction of sp³-hybridized carbons (Fsp3) is 1.00. The average molecular weight is 267 g/mol. The quantitative estimate of drug-likeness (QED) is 0.808. The van der Waals surface area contributed by atoms with Gasteiger partial charge in [0, 0.05) is 6.04 Å². The van der Waals surface area contributed by atoms with Crippen molar-refractivity contribution < 1.29 is 4.74 Å². The maximum Gasteiger partial charge on any atom is 0.0631 e. The summed E-state index contributed by atoms with van der Waals surface area (Å²) in [6.45, 7) is 10.2. The van der Waals surface area contributed by atoms with Crippen molar-refractivity contribution in [2.75, 3.05) is 6.54 Å². The highest BCUT2D eigenvalue weighted by atomic mass is 16.5. The van der Waals surface area contributed by atoms with Crippen molar-refractivity contribution in [3.05, 3.63) is 0 Å². The summed E-state index contributed by atoms with van der Waals surface area (Å²) in [5, 5.41) is 3.72. The predicted molar refractivity (Wildman–Crippen MR) is 81.4 cm³/mol. The van der Waals surface area contributed by atoms with Gasteiger partial charge in [-0.2, -0.15) is 0 Å². The monoisotopic (exact) mass is 267 g/mol. The number of hydrogen-bond donors (Lipinski definition) is 1. The van der Waals surface area contributed by atoms with E-state index in [1.165, 1.54) is 44.9 Å². The molecule has 0 aromatic heterocycles. The van der Waals surface area contributed by atoms with Crippen LogP contribution in [0.5, 0.6) is 0 Å². The second kappa shape index (κ2) is 6.58. The lowest BCUT2D eigenvalue weighted by Gasteiger charge is -2.38. The molecule has 0 spiro atoms. The Labute approximate surface area is 119 Å². The van der Waals surface area contributed by atoms with Crippen molar-refractivity contribution in [1.29, 1.82) is 0 Å². The molecular formula is C17H33NO. The van der Waals surface area contributed by atoms with Gasteiger partial charge in [0.15, 0.2) is 0 Å². The molecular weight excluding hydrogens is 234 g/mol. The SMILES string of the molecule is CCNC1CCC(CC)CC1CC1CCC(C)(C)O1. The van der Waals surface area contributed by atoms with E-state index in [0.717, 1.165) is 24.4 Å². The molecule has 2 aliphatic rings. The standard InChI is InChI=1S/C17H33NO/c1-5-13-7-8-16(18-6-2)14(11-13)12-15-9-10-17(3,4)19-15/h13-16,18H,5-12H2,1-4H3. The Bertz CT molecular complexity index is 276. The highest BCUT2D eigenvalue weighted by Gasteiger charge is 2.36. The van der Waals surface area contributed by atoms with Crippen LogP contribution >= 0.6 is 0 Å². The first-order valence-corrected chi connectivity index (χ1v) is 8.45. The molecule has 1 heterocycles. The van der Waals surface area contributed by atoms with E-state index in [9.17, 15) is 0 Å². The Morgan fingerprint density at radius 1 is 1.16 bits per heavy atom. The van der Waals surface area contributed by atoms with Gasteiger partial charge >= 0.3 is 0 Å². The van der Waals surface area contributed by atoms with Crippen LogP contribution in [0.1, 0.15) is 72.6 Å². The Morgan fingerprint density at radius 2 is 1.95 bits per heavy atom. The molecule has 0 aromatic carbocycles. The first-order valence-electron chi connectivity index (χ1n) is 8.45. The van der Waals surface area contributed by atoms with Gasteiger partial charge in [-0.25, -0.2) is 0 Å². The van der Waals surface area contributed by atoms with E-state index in [4.69, 9.17) is 4.74 Å². The van der Waals surface area contributed by atoms with Crippen molar-refractivity contribution in [2.24, 2.45) is 11.8 Å². The number of ether oxygens (including phenoxy) is 1. The van der Waals surface area contributed by atoms with Crippen molar-refractivity contribution in [3.63, 3.8) is 0 Å². The third-order valence-corrected chi connectivity index (χ3v) is 5.25. The fourth-order valence-electron chi connectivity index (χ4n) is 4.10. The molecule has 1 saturated carbocycles. The van der Waals surface area contributed by atoms with Crippen LogP contribution in [0.4, 0.5) is 0 Å². The first-order chi connectivity index (χ1) is 9.04. The minimum Gasteiger partial charge on any atom is -0.372 e. The topological polar surface area (TPSA) is 21.3 Å². The zero-order valence-electron chi connectivity index (χ0n) is 13.4.